The molecule has 1 unspecified atom stereocenters. The van der Waals surface area contributed by atoms with E-state index in [9.17, 15) is 10.1 Å². The molecule has 0 bridgehead atoms. The molecule has 1 atom stereocenters. The Morgan fingerprint density at radius 3 is 2.41 bits per heavy atom. The van der Waals surface area contributed by atoms with Crippen LogP contribution in [0.3, 0.4) is 0 Å². The van der Waals surface area contributed by atoms with Crippen molar-refractivity contribution in [1.82, 2.24) is 0 Å². The molecule has 0 radical (unpaired) electrons. The van der Waals surface area contributed by atoms with E-state index in [4.69, 9.17) is 27.9 Å². The predicted octanol–water partition coefficient (Wildman–Crippen LogP) is 4.31. The van der Waals surface area contributed by atoms with Crippen LogP contribution in [0.25, 0.3) is 0 Å². The predicted molar refractivity (Wildman–Crippen MR) is 71.6 cm³/mol. The number of nitro benzene ring substituents is 1. The van der Waals surface area contributed by atoms with Crippen molar-refractivity contribution < 1.29 is 9.66 Å². The van der Waals surface area contributed by atoms with Crippen LogP contribution in [-0.4, -0.2) is 16.9 Å². The van der Waals surface area contributed by atoms with Crippen LogP contribution in [0.5, 0.6) is 5.75 Å². The van der Waals surface area contributed by atoms with Crippen molar-refractivity contribution >= 4 is 44.8 Å². The maximum atomic E-state index is 10.6. The summed E-state index contributed by atoms with van der Waals surface area (Å²) in [6, 6.07) is 2.45. The number of nitrogens with zero attached hydrogens (tertiary/aromatic N) is 1. The van der Waals surface area contributed by atoms with Crippen molar-refractivity contribution in [2.24, 2.45) is 5.92 Å². The summed E-state index contributed by atoms with van der Waals surface area (Å²) in [5.41, 5.74) is -0.152. The highest BCUT2D eigenvalue weighted by Crippen LogP contribution is 2.36. The van der Waals surface area contributed by atoms with Gasteiger partial charge in [-0.2, -0.15) is 0 Å². The first-order valence-electron chi connectivity index (χ1n) is 4.78. The molecule has 0 saturated heterocycles. The molecule has 0 aliphatic rings. The number of non-ortho nitro benzene ring substituents is 1. The summed E-state index contributed by atoms with van der Waals surface area (Å²) in [7, 11) is 0. The van der Waals surface area contributed by atoms with Crippen LogP contribution in [0.15, 0.2) is 12.1 Å². The van der Waals surface area contributed by atoms with E-state index in [1.165, 1.54) is 12.1 Å². The molecule has 7 heteroatoms. The molecular weight excluding hydrogens is 333 g/mol. The molecule has 0 aromatic heterocycles. The van der Waals surface area contributed by atoms with Crippen LogP contribution >= 0.6 is 39.1 Å². The first-order chi connectivity index (χ1) is 7.95. The molecule has 0 spiro atoms. The summed E-state index contributed by atoms with van der Waals surface area (Å²) in [5, 5.41) is 11.6. The van der Waals surface area contributed by atoms with Gasteiger partial charge in [-0.15, -0.1) is 0 Å². The van der Waals surface area contributed by atoms with Gasteiger partial charge in [-0.05, 0) is 5.92 Å². The minimum Gasteiger partial charge on any atom is -0.490 e. The van der Waals surface area contributed by atoms with Crippen LogP contribution < -0.4 is 4.74 Å². The molecule has 17 heavy (non-hydrogen) atoms. The van der Waals surface area contributed by atoms with Crippen molar-refractivity contribution in [2.45, 2.75) is 6.92 Å². The molecule has 0 heterocycles. The van der Waals surface area contributed by atoms with Gasteiger partial charge < -0.3 is 4.74 Å². The largest absolute Gasteiger partial charge is 0.490 e. The van der Waals surface area contributed by atoms with Gasteiger partial charge in [0, 0.05) is 17.5 Å². The van der Waals surface area contributed by atoms with Crippen LogP contribution in [0.1, 0.15) is 6.92 Å². The smallest absolute Gasteiger partial charge is 0.272 e. The maximum Gasteiger partial charge on any atom is 0.272 e. The Bertz CT molecular complexity index is 405. The van der Waals surface area contributed by atoms with E-state index >= 15 is 0 Å². The molecule has 4 nitrogen and oxygen atoms in total. The third-order valence-electron chi connectivity index (χ3n) is 1.97. The van der Waals surface area contributed by atoms with Gasteiger partial charge in [0.2, 0.25) is 0 Å². The summed E-state index contributed by atoms with van der Waals surface area (Å²) >= 11 is 15.1. The zero-order chi connectivity index (χ0) is 13.0. The van der Waals surface area contributed by atoms with Crippen molar-refractivity contribution in [1.29, 1.82) is 0 Å². The summed E-state index contributed by atoms with van der Waals surface area (Å²) < 4.78 is 5.44. The van der Waals surface area contributed by atoms with Crippen LogP contribution in [0.2, 0.25) is 10.0 Å². The Morgan fingerprint density at radius 2 is 2.00 bits per heavy atom. The topological polar surface area (TPSA) is 52.4 Å². The monoisotopic (exact) mass is 341 g/mol. The molecule has 0 N–H and O–H groups in total. The zero-order valence-electron chi connectivity index (χ0n) is 8.95. The Kier molecular flexibility index (Phi) is 5.49. The first kappa shape index (κ1) is 14.5. The lowest BCUT2D eigenvalue weighted by Gasteiger charge is -2.12. The van der Waals surface area contributed by atoms with Gasteiger partial charge in [0.1, 0.15) is 0 Å². The normalized spacial score (nSPS) is 12.2. The number of hydrogen-bond donors (Lipinski definition) is 0. The molecule has 1 aromatic rings. The average Bonchev–Trinajstić information content (AvgIpc) is 2.27. The zero-order valence-corrected chi connectivity index (χ0v) is 12.0. The highest BCUT2D eigenvalue weighted by atomic mass is 79.9. The number of nitro groups is 1. The average molecular weight is 343 g/mol. The number of hydrogen-bond acceptors (Lipinski definition) is 3. The fourth-order valence-electron chi connectivity index (χ4n) is 1.06. The summed E-state index contributed by atoms with van der Waals surface area (Å²) in [6.07, 6.45) is 0. The molecular formula is C10H10BrCl2NO3. The Hall–Kier alpha value is -0.520. The lowest BCUT2D eigenvalue weighted by Crippen LogP contribution is -2.10. The first-order valence-corrected chi connectivity index (χ1v) is 6.65. The second-order valence-electron chi connectivity index (χ2n) is 3.57. The fraction of sp³-hybridized carbons (Fsp3) is 0.400. The van der Waals surface area contributed by atoms with E-state index in [0.29, 0.717) is 6.61 Å². The summed E-state index contributed by atoms with van der Waals surface area (Å²) in [6.45, 7) is 2.42. The van der Waals surface area contributed by atoms with Crippen LogP contribution in [-0.2, 0) is 0 Å². The van der Waals surface area contributed by atoms with Crippen molar-refractivity contribution in [3.63, 3.8) is 0 Å². The number of ether oxygens (including phenoxy) is 1. The summed E-state index contributed by atoms with van der Waals surface area (Å²) in [4.78, 5) is 10.0. The quantitative estimate of drug-likeness (QED) is 0.455. The van der Waals surface area contributed by atoms with Gasteiger partial charge in [-0.3, -0.25) is 10.1 Å². The van der Waals surface area contributed by atoms with Gasteiger partial charge in [-0.1, -0.05) is 46.1 Å². The standard InChI is InChI=1S/C10H10BrCl2NO3/c1-6(4-11)5-17-10-8(12)2-7(14(15)16)3-9(10)13/h2-3,6H,4-5H2,1H3. The summed E-state index contributed by atoms with van der Waals surface area (Å²) in [5.74, 6) is 0.573. The molecule has 1 rings (SSSR count). The van der Waals surface area contributed by atoms with Gasteiger partial charge in [0.15, 0.2) is 5.75 Å². The van der Waals surface area contributed by atoms with Gasteiger partial charge in [-0.25, -0.2) is 0 Å². The van der Waals surface area contributed by atoms with Crippen molar-refractivity contribution in [3.8, 4) is 5.75 Å². The minimum atomic E-state index is -0.553. The number of halogens is 3. The third kappa shape index (κ3) is 4.01. The second kappa shape index (κ2) is 6.42. The third-order valence-corrected chi connectivity index (χ3v) is 3.64. The van der Waals surface area contributed by atoms with Gasteiger partial charge >= 0.3 is 0 Å². The van der Waals surface area contributed by atoms with E-state index < -0.39 is 4.92 Å². The van der Waals surface area contributed by atoms with Crippen LogP contribution in [0.4, 0.5) is 5.69 Å². The maximum absolute atomic E-state index is 10.6. The lowest BCUT2D eigenvalue weighted by atomic mass is 10.2. The van der Waals surface area contributed by atoms with Gasteiger partial charge in [0.05, 0.1) is 21.6 Å². The minimum absolute atomic E-state index is 0.144. The molecule has 1 aromatic carbocycles. The van der Waals surface area contributed by atoms with E-state index in [2.05, 4.69) is 15.9 Å². The van der Waals surface area contributed by atoms with Crippen molar-refractivity contribution in [3.05, 3.63) is 32.3 Å². The Balaban J connectivity index is 2.90. The molecule has 0 aliphatic carbocycles. The number of benzene rings is 1. The molecule has 0 saturated carbocycles. The highest BCUT2D eigenvalue weighted by molar-refractivity contribution is 9.09. The Morgan fingerprint density at radius 1 is 1.47 bits per heavy atom. The molecule has 0 amide bonds. The van der Waals surface area contributed by atoms with E-state index in [-0.39, 0.29) is 27.4 Å². The number of rotatable bonds is 5. The fourth-order valence-corrected chi connectivity index (χ4v) is 1.83. The SMILES string of the molecule is CC(CBr)COc1c(Cl)cc([N+](=O)[O-])cc1Cl. The highest BCUT2D eigenvalue weighted by Gasteiger charge is 2.16. The lowest BCUT2D eigenvalue weighted by molar-refractivity contribution is -0.384. The molecule has 0 fully saturated rings. The van der Waals surface area contributed by atoms with E-state index in [0.717, 1.165) is 5.33 Å². The molecule has 94 valence electrons. The van der Waals surface area contributed by atoms with E-state index in [1.54, 1.807) is 0 Å². The second-order valence-corrected chi connectivity index (χ2v) is 5.03. The van der Waals surface area contributed by atoms with Crippen LogP contribution in [0, 0.1) is 16.0 Å². The molecule has 0 aliphatic heterocycles. The van der Waals surface area contributed by atoms with Crippen molar-refractivity contribution in [2.75, 3.05) is 11.9 Å². The van der Waals surface area contributed by atoms with E-state index in [1.807, 2.05) is 6.92 Å². The number of alkyl halides is 1. The Labute approximate surface area is 117 Å². The van der Waals surface area contributed by atoms with Gasteiger partial charge in [0.25, 0.3) is 5.69 Å².